The Balaban J connectivity index is 1.55. The van der Waals surface area contributed by atoms with Gasteiger partial charge in [0.2, 0.25) is 0 Å². The molecule has 1 aromatic heterocycles. The molecule has 1 heterocycles. The molecule has 0 aliphatic rings. The maximum atomic E-state index is 13.1. The van der Waals surface area contributed by atoms with Gasteiger partial charge in [0.1, 0.15) is 5.82 Å². The predicted octanol–water partition coefficient (Wildman–Crippen LogP) is 4.15. The van der Waals surface area contributed by atoms with E-state index in [0.29, 0.717) is 17.3 Å². The van der Waals surface area contributed by atoms with Gasteiger partial charge in [0.05, 0.1) is 11.3 Å². The molecule has 0 unspecified atom stereocenters. The zero-order valence-corrected chi connectivity index (χ0v) is 14.1. The van der Waals surface area contributed by atoms with Gasteiger partial charge in [-0.15, -0.1) is 0 Å². The Labute approximate surface area is 149 Å². The van der Waals surface area contributed by atoms with Crippen LogP contribution in [0, 0.1) is 5.82 Å². The highest BCUT2D eigenvalue weighted by atomic mass is 35.5. The lowest BCUT2D eigenvalue weighted by atomic mass is 10.2. The second-order valence-electron chi connectivity index (χ2n) is 5.07. The lowest BCUT2D eigenvalue weighted by Gasteiger charge is -2.11. The van der Waals surface area contributed by atoms with Crippen molar-refractivity contribution in [1.29, 1.82) is 0 Å². The van der Waals surface area contributed by atoms with Crippen molar-refractivity contribution in [3.05, 3.63) is 77.6 Å². The maximum absolute atomic E-state index is 13.1. The van der Waals surface area contributed by atoms with E-state index < -0.39 is 5.82 Å². The fraction of sp³-hybridized carbons (Fsp3) is 0.0588. The first-order chi connectivity index (χ1) is 11.6. The number of hydrogen-bond acceptors (Lipinski definition) is 2. The number of thiocarbonyl (C=S) groups is 1. The summed E-state index contributed by atoms with van der Waals surface area (Å²) in [5.41, 5.74) is 2.76. The Hall–Kier alpha value is -2.44. The summed E-state index contributed by atoms with van der Waals surface area (Å²) >= 11 is 11.0. The van der Waals surface area contributed by atoms with Crippen molar-refractivity contribution in [3.63, 3.8) is 0 Å². The number of aromatic nitrogens is 2. The molecule has 3 aromatic rings. The molecule has 3 rings (SSSR count). The summed E-state index contributed by atoms with van der Waals surface area (Å²) in [5, 5.41) is 6.57. The van der Waals surface area contributed by atoms with E-state index in [1.54, 1.807) is 18.6 Å². The van der Waals surface area contributed by atoms with E-state index in [1.807, 2.05) is 35.0 Å². The molecular formula is C17H14ClFN4S. The van der Waals surface area contributed by atoms with Crippen LogP contribution >= 0.6 is 23.8 Å². The van der Waals surface area contributed by atoms with Gasteiger partial charge in [-0.1, -0.05) is 23.7 Å². The highest BCUT2D eigenvalue weighted by Gasteiger charge is 2.03. The van der Waals surface area contributed by atoms with E-state index in [-0.39, 0.29) is 5.02 Å². The number of nitrogens with one attached hydrogen (secondary N) is 2. The Morgan fingerprint density at radius 1 is 1.21 bits per heavy atom. The molecule has 0 spiro atoms. The second kappa shape index (κ2) is 7.42. The summed E-state index contributed by atoms with van der Waals surface area (Å²) in [6.45, 7) is 0.574. The molecule has 0 fully saturated rings. The Morgan fingerprint density at radius 2 is 2.00 bits per heavy atom. The van der Waals surface area contributed by atoms with E-state index in [4.69, 9.17) is 23.8 Å². The van der Waals surface area contributed by atoms with Gasteiger partial charge < -0.3 is 15.2 Å². The normalized spacial score (nSPS) is 10.4. The standard InChI is InChI=1S/C17H14ClFN4S/c18-15-9-13(3-6-16(15)19)22-17(24)21-10-12-1-4-14(5-2-12)23-8-7-20-11-23/h1-9,11H,10H2,(H2,21,22,24). The number of benzene rings is 2. The average molecular weight is 361 g/mol. The number of imidazole rings is 1. The molecule has 7 heteroatoms. The lowest BCUT2D eigenvalue weighted by molar-refractivity contribution is 0.628. The summed E-state index contributed by atoms with van der Waals surface area (Å²) < 4.78 is 15.1. The topological polar surface area (TPSA) is 41.9 Å². The molecule has 0 saturated heterocycles. The summed E-state index contributed by atoms with van der Waals surface area (Å²) in [6.07, 6.45) is 5.38. The van der Waals surface area contributed by atoms with Crippen molar-refractivity contribution < 1.29 is 4.39 Å². The fourth-order valence-electron chi connectivity index (χ4n) is 2.13. The van der Waals surface area contributed by atoms with Gasteiger partial charge in [-0.25, -0.2) is 9.37 Å². The quantitative estimate of drug-likeness (QED) is 0.686. The van der Waals surface area contributed by atoms with E-state index in [0.717, 1.165) is 11.3 Å². The molecule has 4 nitrogen and oxygen atoms in total. The zero-order chi connectivity index (χ0) is 16.9. The van der Waals surface area contributed by atoms with Crippen LogP contribution in [0.3, 0.4) is 0 Å². The lowest BCUT2D eigenvalue weighted by Crippen LogP contribution is -2.27. The van der Waals surface area contributed by atoms with Crippen LogP contribution in [0.4, 0.5) is 10.1 Å². The van der Waals surface area contributed by atoms with Gasteiger partial charge in [-0.3, -0.25) is 0 Å². The molecular weight excluding hydrogens is 347 g/mol. The highest BCUT2D eigenvalue weighted by Crippen LogP contribution is 2.19. The van der Waals surface area contributed by atoms with Gasteiger partial charge in [0.15, 0.2) is 5.11 Å². The molecule has 2 N–H and O–H groups in total. The van der Waals surface area contributed by atoms with Crippen LogP contribution in [0.25, 0.3) is 5.69 Å². The smallest absolute Gasteiger partial charge is 0.171 e. The third-order valence-electron chi connectivity index (χ3n) is 3.37. The number of halogens is 2. The Bertz CT molecular complexity index is 834. The molecule has 0 bridgehead atoms. The van der Waals surface area contributed by atoms with Gasteiger partial charge in [-0.05, 0) is 48.1 Å². The Morgan fingerprint density at radius 3 is 2.67 bits per heavy atom. The van der Waals surface area contributed by atoms with E-state index in [9.17, 15) is 4.39 Å². The molecule has 0 aliphatic heterocycles. The number of hydrogen-bond donors (Lipinski definition) is 2. The Kier molecular flexibility index (Phi) is 5.08. The van der Waals surface area contributed by atoms with Gasteiger partial charge in [0, 0.05) is 30.3 Å². The van der Waals surface area contributed by atoms with Crippen LogP contribution in [0.1, 0.15) is 5.56 Å². The van der Waals surface area contributed by atoms with Crippen LogP contribution in [0.2, 0.25) is 5.02 Å². The fourth-order valence-corrected chi connectivity index (χ4v) is 2.50. The molecule has 2 aromatic carbocycles. The van der Waals surface area contributed by atoms with E-state index in [1.165, 1.54) is 12.1 Å². The summed E-state index contributed by atoms with van der Waals surface area (Å²) in [7, 11) is 0. The average Bonchev–Trinajstić information content (AvgIpc) is 3.11. The maximum Gasteiger partial charge on any atom is 0.171 e. The number of anilines is 1. The third-order valence-corrected chi connectivity index (χ3v) is 3.91. The minimum absolute atomic E-state index is 0.0536. The van der Waals surface area contributed by atoms with Crippen molar-refractivity contribution >= 4 is 34.6 Å². The summed E-state index contributed by atoms with van der Waals surface area (Å²) in [4.78, 5) is 4.02. The van der Waals surface area contributed by atoms with Gasteiger partial charge >= 0.3 is 0 Å². The van der Waals surface area contributed by atoms with E-state index >= 15 is 0 Å². The largest absolute Gasteiger partial charge is 0.358 e. The predicted molar refractivity (Wildman–Crippen MR) is 98.0 cm³/mol. The summed E-state index contributed by atoms with van der Waals surface area (Å²) in [6, 6.07) is 12.4. The van der Waals surface area contributed by atoms with Crippen molar-refractivity contribution in [2.45, 2.75) is 6.54 Å². The number of rotatable bonds is 4. The van der Waals surface area contributed by atoms with Crippen LogP contribution in [0.15, 0.2) is 61.2 Å². The highest BCUT2D eigenvalue weighted by molar-refractivity contribution is 7.80. The SMILES string of the molecule is Fc1ccc(NC(=S)NCc2ccc(-n3ccnc3)cc2)cc1Cl. The van der Waals surface area contributed by atoms with Crippen molar-refractivity contribution in [2.75, 3.05) is 5.32 Å². The molecule has 0 amide bonds. The molecule has 0 aliphatic carbocycles. The molecule has 0 atom stereocenters. The minimum Gasteiger partial charge on any atom is -0.358 e. The minimum atomic E-state index is -0.459. The van der Waals surface area contributed by atoms with Crippen molar-refractivity contribution in [3.8, 4) is 5.69 Å². The van der Waals surface area contributed by atoms with Crippen LogP contribution < -0.4 is 10.6 Å². The molecule has 122 valence electrons. The van der Waals surface area contributed by atoms with E-state index in [2.05, 4.69) is 15.6 Å². The first kappa shape index (κ1) is 16.4. The van der Waals surface area contributed by atoms with Crippen LogP contribution in [-0.2, 0) is 6.54 Å². The monoisotopic (exact) mass is 360 g/mol. The first-order valence-electron chi connectivity index (χ1n) is 7.19. The molecule has 0 radical (unpaired) electrons. The molecule has 24 heavy (non-hydrogen) atoms. The molecule has 0 saturated carbocycles. The van der Waals surface area contributed by atoms with Crippen molar-refractivity contribution in [2.24, 2.45) is 0 Å². The first-order valence-corrected chi connectivity index (χ1v) is 7.97. The van der Waals surface area contributed by atoms with Crippen molar-refractivity contribution in [1.82, 2.24) is 14.9 Å². The number of nitrogens with zero attached hydrogens (tertiary/aromatic N) is 2. The third kappa shape index (κ3) is 4.10. The summed E-state index contributed by atoms with van der Waals surface area (Å²) in [5.74, 6) is -0.459. The van der Waals surface area contributed by atoms with Gasteiger partial charge in [0.25, 0.3) is 0 Å². The second-order valence-corrected chi connectivity index (χ2v) is 5.89. The zero-order valence-electron chi connectivity index (χ0n) is 12.5. The van der Waals surface area contributed by atoms with Crippen LogP contribution in [-0.4, -0.2) is 14.7 Å². The van der Waals surface area contributed by atoms with Crippen LogP contribution in [0.5, 0.6) is 0 Å². The van der Waals surface area contributed by atoms with Gasteiger partial charge in [-0.2, -0.15) is 0 Å².